The Bertz CT molecular complexity index is 761. The first-order valence-corrected chi connectivity index (χ1v) is 7.19. The number of hydrogen-bond acceptors (Lipinski definition) is 2. The fourth-order valence-electron chi connectivity index (χ4n) is 2.30. The van der Waals surface area contributed by atoms with Crippen LogP contribution >= 0.6 is 0 Å². The second-order valence-corrected chi connectivity index (χ2v) is 4.91. The predicted molar refractivity (Wildman–Crippen MR) is 91.6 cm³/mol. The monoisotopic (exact) mass is 287 g/mol. The van der Waals surface area contributed by atoms with Crippen molar-refractivity contribution >= 4 is 12.2 Å². The molecule has 0 N–H and O–H groups in total. The van der Waals surface area contributed by atoms with Gasteiger partial charge >= 0.3 is 0 Å². The Balaban J connectivity index is 1.90. The molecule has 2 aromatic carbocycles. The minimum Gasteiger partial charge on any atom is -0.497 e. The molecule has 1 aromatic heterocycles. The summed E-state index contributed by atoms with van der Waals surface area (Å²) in [5.74, 6) is 0.867. The van der Waals surface area contributed by atoms with Crippen LogP contribution in [0.4, 0.5) is 0 Å². The maximum atomic E-state index is 5.18. The predicted octanol–water partition coefficient (Wildman–Crippen LogP) is 4.93. The molecular formula is C20H17NO. The molecule has 2 nitrogen and oxygen atoms in total. The molecule has 2 heteroatoms. The van der Waals surface area contributed by atoms with Crippen LogP contribution in [0, 0.1) is 0 Å². The lowest BCUT2D eigenvalue weighted by atomic mass is 10.0. The SMILES string of the molecule is COc1ccc(/C=C/c2ccccc2-c2ccccn2)cc1. The summed E-state index contributed by atoms with van der Waals surface area (Å²) in [6, 6.07) is 22.2. The number of hydrogen-bond donors (Lipinski definition) is 0. The molecule has 0 unspecified atom stereocenters. The van der Waals surface area contributed by atoms with E-state index in [0.29, 0.717) is 0 Å². The number of methoxy groups -OCH3 is 1. The number of pyridine rings is 1. The van der Waals surface area contributed by atoms with Gasteiger partial charge in [-0.3, -0.25) is 4.98 Å². The van der Waals surface area contributed by atoms with Crippen molar-refractivity contribution in [1.82, 2.24) is 4.98 Å². The highest BCUT2D eigenvalue weighted by Gasteiger charge is 2.02. The van der Waals surface area contributed by atoms with E-state index in [2.05, 4.69) is 29.3 Å². The van der Waals surface area contributed by atoms with Gasteiger partial charge in [0.2, 0.25) is 0 Å². The van der Waals surface area contributed by atoms with Crippen LogP contribution in [0.15, 0.2) is 72.9 Å². The summed E-state index contributed by atoms with van der Waals surface area (Å²) in [6.45, 7) is 0. The van der Waals surface area contributed by atoms with Crippen LogP contribution in [-0.2, 0) is 0 Å². The lowest BCUT2D eigenvalue weighted by Gasteiger charge is -2.05. The van der Waals surface area contributed by atoms with E-state index in [0.717, 1.165) is 28.1 Å². The quantitative estimate of drug-likeness (QED) is 0.635. The van der Waals surface area contributed by atoms with Crippen molar-refractivity contribution < 1.29 is 4.74 Å². The fraction of sp³-hybridized carbons (Fsp3) is 0.0500. The smallest absolute Gasteiger partial charge is 0.118 e. The van der Waals surface area contributed by atoms with Crippen molar-refractivity contribution in [3.05, 3.63) is 84.1 Å². The van der Waals surface area contributed by atoms with Crippen molar-refractivity contribution in [2.24, 2.45) is 0 Å². The Hall–Kier alpha value is -2.87. The summed E-state index contributed by atoms with van der Waals surface area (Å²) >= 11 is 0. The van der Waals surface area contributed by atoms with Crippen LogP contribution in [0.3, 0.4) is 0 Å². The minimum absolute atomic E-state index is 0.867. The molecule has 0 fully saturated rings. The number of benzene rings is 2. The van der Waals surface area contributed by atoms with Gasteiger partial charge in [-0.15, -0.1) is 0 Å². The summed E-state index contributed by atoms with van der Waals surface area (Å²) in [5, 5.41) is 0. The molecule has 0 amide bonds. The van der Waals surface area contributed by atoms with Crippen LogP contribution in [0.5, 0.6) is 5.75 Å². The number of nitrogens with zero attached hydrogens (tertiary/aromatic N) is 1. The van der Waals surface area contributed by atoms with E-state index in [9.17, 15) is 0 Å². The van der Waals surface area contributed by atoms with Gasteiger partial charge in [0.1, 0.15) is 5.75 Å². The minimum atomic E-state index is 0.867. The molecule has 0 spiro atoms. The van der Waals surface area contributed by atoms with Gasteiger partial charge in [0, 0.05) is 11.8 Å². The Morgan fingerprint density at radius 3 is 2.32 bits per heavy atom. The van der Waals surface area contributed by atoms with Crippen LogP contribution in [0.1, 0.15) is 11.1 Å². The zero-order valence-electron chi connectivity index (χ0n) is 12.4. The molecule has 0 radical (unpaired) electrons. The van der Waals surface area contributed by atoms with Gasteiger partial charge in [-0.25, -0.2) is 0 Å². The normalized spacial score (nSPS) is 10.8. The summed E-state index contributed by atoms with van der Waals surface area (Å²) in [5.41, 5.74) is 4.40. The third-order valence-corrected chi connectivity index (χ3v) is 3.47. The standard InChI is InChI=1S/C20H17NO/c1-22-18-13-10-16(11-14-18)9-12-17-6-2-3-7-19(17)20-8-4-5-15-21-20/h2-15H,1H3/b12-9+. The van der Waals surface area contributed by atoms with Crippen LogP contribution in [-0.4, -0.2) is 12.1 Å². The molecule has 0 bridgehead atoms. The van der Waals surface area contributed by atoms with Gasteiger partial charge in [-0.05, 0) is 35.4 Å². The largest absolute Gasteiger partial charge is 0.497 e. The molecule has 3 aromatic rings. The summed E-state index contributed by atoms with van der Waals surface area (Å²) in [6.07, 6.45) is 6.03. The van der Waals surface area contributed by atoms with Crippen molar-refractivity contribution in [2.45, 2.75) is 0 Å². The number of ether oxygens (including phenoxy) is 1. The molecule has 0 aliphatic heterocycles. The highest BCUT2D eigenvalue weighted by molar-refractivity contribution is 5.79. The molecule has 3 rings (SSSR count). The first-order chi connectivity index (χ1) is 10.9. The van der Waals surface area contributed by atoms with Crippen molar-refractivity contribution in [2.75, 3.05) is 7.11 Å². The third-order valence-electron chi connectivity index (χ3n) is 3.47. The van der Waals surface area contributed by atoms with E-state index in [1.54, 1.807) is 7.11 Å². The molecule has 0 aliphatic carbocycles. The lowest BCUT2D eigenvalue weighted by Crippen LogP contribution is -1.85. The molecular weight excluding hydrogens is 270 g/mol. The van der Waals surface area contributed by atoms with Gasteiger partial charge < -0.3 is 4.74 Å². The maximum absolute atomic E-state index is 5.18. The van der Waals surface area contributed by atoms with Crippen molar-refractivity contribution in [3.8, 4) is 17.0 Å². The Labute approximate surface area is 130 Å². The van der Waals surface area contributed by atoms with Gasteiger partial charge in [-0.1, -0.05) is 54.6 Å². The first-order valence-electron chi connectivity index (χ1n) is 7.19. The number of aromatic nitrogens is 1. The fourth-order valence-corrected chi connectivity index (χ4v) is 2.30. The van der Waals surface area contributed by atoms with E-state index >= 15 is 0 Å². The zero-order chi connectivity index (χ0) is 15.2. The van der Waals surface area contributed by atoms with E-state index in [-0.39, 0.29) is 0 Å². The second kappa shape index (κ2) is 6.72. The van der Waals surface area contributed by atoms with Gasteiger partial charge in [0.15, 0.2) is 0 Å². The molecule has 0 atom stereocenters. The number of rotatable bonds is 4. The topological polar surface area (TPSA) is 22.1 Å². The second-order valence-electron chi connectivity index (χ2n) is 4.91. The van der Waals surface area contributed by atoms with Gasteiger partial charge in [-0.2, -0.15) is 0 Å². The third kappa shape index (κ3) is 3.23. The van der Waals surface area contributed by atoms with E-state index in [1.807, 2.05) is 60.8 Å². The summed E-state index contributed by atoms with van der Waals surface area (Å²) in [7, 11) is 1.67. The molecule has 22 heavy (non-hydrogen) atoms. The van der Waals surface area contributed by atoms with Crippen molar-refractivity contribution in [3.63, 3.8) is 0 Å². The molecule has 0 aliphatic rings. The van der Waals surface area contributed by atoms with E-state index in [4.69, 9.17) is 4.74 Å². The molecule has 1 heterocycles. The zero-order valence-corrected chi connectivity index (χ0v) is 12.4. The summed E-state index contributed by atoms with van der Waals surface area (Å²) < 4.78 is 5.18. The Morgan fingerprint density at radius 2 is 1.59 bits per heavy atom. The average molecular weight is 287 g/mol. The Kier molecular flexibility index (Phi) is 4.30. The van der Waals surface area contributed by atoms with Crippen LogP contribution in [0.25, 0.3) is 23.4 Å². The molecule has 0 saturated carbocycles. The van der Waals surface area contributed by atoms with E-state index in [1.165, 1.54) is 0 Å². The highest BCUT2D eigenvalue weighted by atomic mass is 16.5. The first kappa shape index (κ1) is 14.1. The summed E-state index contributed by atoms with van der Waals surface area (Å²) in [4.78, 5) is 4.44. The van der Waals surface area contributed by atoms with Crippen molar-refractivity contribution in [1.29, 1.82) is 0 Å². The lowest BCUT2D eigenvalue weighted by molar-refractivity contribution is 0.415. The molecule has 0 saturated heterocycles. The van der Waals surface area contributed by atoms with Gasteiger partial charge in [0.05, 0.1) is 12.8 Å². The van der Waals surface area contributed by atoms with Crippen LogP contribution < -0.4 is 4.74 Å². The van der Waals surface area contributed by atoms with Crippen LogP contribution in [0.2, 0.25) is 0 Å². The van der Waals surface area contributed by atoms with Gasteiger partial charge in [0.25, 0.3) is 0 Å². The highest BCUT2D eigenvalue weighted by Crippen LogP contribution is 2.23. The molecule has 108 valence electrons. The average Bonchev–Trinajstić information content (AvgIpc) is 2.61. The Morgan fingerprint density at radius 1 is 0.818 bits per heavy atom. The van der Waals surface area contributed by atoms with E-state index < -0.39 is 0 Å². The maximum Gasteiger partial charge on any atom is 0.118 e.